The van der Waals surface area contributed by atoms with Gasteiger partial charge in [0.2, 0.25) is 12.2 Å². The van der Waals surface area contributed by atoms with Crippen LogP contribution in [0.3, 0.4) is 0 Å². The smallest absolute Gasteiger partial charge is 0.288 e. The Balaban J connectivity index is 1.98. The third-order valence-corrected chi connectivity index (χ3v) is 6.87. The van der Waals surface area contributed by atoms with Crippen molar-refractivity contribution in [2.75, 3.05) is 67.5 Å². The van der Waals surface area contributed by atoms with Crippen LogP contribution < -0.4 is 0 Å². The third-order valence-electron chi connectivity index (χ3n) is 6.87. The number of hydrogen-bond donors (Lipinski definition) is 1. The molecule has 3 rings (SSSR count). The Morgan fingerprint density at radius 1 is 1.10 bits per heavy atom. The summed E-state index contributed by atoms with van der Waals surface area (Å²) in [6.07, 6.45) is 2.93. The van der Waals surface area contributed by atoms with Crippen molar-refractivity contribution in [2.45, 2.75) is 38.8 Å². The molecule has 3 atom stereocenters. The molecular weight excluding hydrogens is 520 g/mol. The second-order valence-electron chi connectivity index (χ2n) is 9.48. The largest absolute Gasteiger partial charge is 0.459 e. The van der Waals surface area contributed by atoms with E-state index in [0.717, 1.165) is 16.5 Å². The number of ether oxygens (including phenoxy) is 6. The van der Waals surface area contributed by atoms with Crippen LogP contribution in [0.2, 0.25) is 0 Å². The van der Waals surface area contributed by atoms with Crippen LogP contribution in [0.1, 0.15) is 36.5 Å². The maximum absolute atomic E-state index is 13.5. The molecule has 0 saturated carbocycles. The summed E-state index contributed by atoms with van der Waals surface area (Å²) in [6, 6.07) is 7.71. The fraction of sp³-hybridized carbons (Fsp3) is 0.586. The van der Waals surface area contributed by atoms with Crippen LogP contribution in [0.4, 0.5) is 0 Å². The molecule has 1 amide bonds. The number of aliphatic hydroxyl groups excluding tert-OH is 1. The number of methoxy groups -OCH3 is 2. The quantitative estimate of drug-likeness (QED) is 0.243. The fourth-order valence-electron chi connectivity index (χ4n) is 4.87. The summed E-state index contributed by atoms with van der Waals surface area (Å²) in [7, 11) is 4.68. The SMILES string of the molecule is CCO[C@@H]1OC(C(=O)N(C)CC(OC)OC)=C[C@H](c2cn(C(C)=O)c3ccccc23)[C@@H]1CCOCCOCCO. The molecule has 2 aromatic rings. The van der Waals surface area contributed by atoms with Gasteiger partial charge >= 0.3 is 0 Å². The van der Waals surface area contributed by atoms with Crippen molar-refractivity contribution >= 4 is 22.7 Å². The van der Waals surface area contributed by atoms with Crippen molar-refractivity contribution in [2.24, 2.45) is 5.92 Å². The molecule has 11 heteroatoms. The average Bonchev–Trinajstić information content (AvgIpc) is 3.35. The highest BCUT2D eigenvalue weighted by Gasteiger charge is 2.40. The molecule has 0 unspecified atom stereocenters. The van der Waals surface area contributed by atoms with Gasteiger partial charge in [-0.15, -0.1) is 0 Å². The summed E-state index contributed by atoms with van der Waals surface area (Å²) in [6.45, 7) is 5.37. The van der Waals surface area contributed by atoms with Crippen LogP contribution >= 0.6 is 0 Å². The number of aromatic nitrogens is 1. The van der Waals surface area contributed by atoms with Crippen molar-refractivity contribution in [1.29, 1.82) is 0 Å². The summed E-state index contributed by atoms with van der Waals surface area (Å²) in [5.74, 6) is -0.801. The standard InChI is InChI=1S/C29H42N2O9/c1-6-39-29-22(11-13-37-15-16-38-14-12-32)23(17-26(40-29)28(34)30(3)19-27(35-4)36-5)24-18-31(20(2)33)25-10-8-7-9-21(24)25/h7-10,17-18,22-23,27,29,32H,6,11-16,19H2,1-5H3/t22-,23-,29+/m0/s1. The summed E-state index contributed by atoms with van der Waals surface area (Å²) >= 11 is 0. The summed E-state index contributed by atoms with van der Waals surface area (Å²) in [4.78, 5) is 27.5. The first-order valence-electron chi connectivity index (χ1n) is 13.5. The predicted molar refractivity (Wildman–Crippen MR) is 148 cm³/mol. The van der Waals surface area contributed by atoms with Gasteiger partial charge in [0.15, 0.2) is 12.0 Å². The molecule has 40 heavy (non-hydrogen) atoms. The molecule has 0 radical (unpaired) electrons. The number of fused-ring (bicyclic) bond motifs is 1. The van der Waals surface area contributed by atoms with E-state index in [4.69, 9.17) is 33.5 Å². The van der Waals surface area contributed by atoms with Crippen LogP contribution in [-0.2, 0) is 33.2 Å². The minimum Gasteiger partial charge on any atom is -0.459 e. The van der Waals surface area contributed by atoms with Gasteiger partial charge in [-0.2, -0.15) is 0 Å². The van der Waals surface area contributed by atoms with Gasteiger partial charge in [-0.1, -0.05) is 18.2 Å². The Labute approximate surface area is 235 Å². The van der Waals surface area contributed by atoms with Gasteiger partial charge in [-0.25, -0.2) is 0 Å². The first-order valence-corrected chi connectivity index (χ1v) is 13.5. The number of para-hydroxylation sites is 1. The van der Waals surface area contributed by atoms with E-state index >= 15 is 0 Å². The minimum absolute atomic E-state index is 0.0365. The number of hydrogen-bond acceptors (Lipinski definition) is 9. The van der Waals surface area contributed by atoms with Crippen LogP contribution in [-0.4, -0.2) is 106 Å². The summed E-state index contributed by atoms with van der Waals surface area (Å²) in [5.41, 5.74) is 1.69. The molecule has 222 valence electrons. The highest BCUT2D eigenvalue weighted by atomic mass is 16.7. The fourth-order valence-corrected chi connectivity index (χ4v) is 4.87. The average molecular weight is 563 g/mol. The molecule has 0 fully saturated rings. The van der Waals surface area contributed by atoms with Crippen LogP contribution in [0.5, 0.6) is 0 Å². The van der Waals surface area contributed by atoms with E-state index in [1.54, 1.807) is 11.6 Å². The number of carbonyl (C=O) groups is 2. The minimum atomic E-state index is -0.721. The lowest BCUT2D eigenvalue weighted by Crippen LogP contribution is -2.42. The van der Waals surface area contributed by atoms with Gasteiger partial charge in [0.1, 0.15) is 0 Å². The molecule has 1 aromatic heterocycles. The van der Waals surface area contributed by atoms with Gasteiger partial charge < -0.3 is 38.4 Å². The van der Waals surface area contributed by atoms with Crippen molar-refractivity contribution < 1.29 is 43.1 Å². The molecule has 0 spiro atoms. The number of rotatable bonds is 16. The van der Waals surface area contributed by atoms with E-state index in [-0.39, 0.29) is 49.2 Å². The van der Waals surface area contributed by atoms with Gasteiger partial charge in [-0.3, -0.25) is 14.2 Å². The Bertz CT molecular complexity index is 1130. The van der Waals surface area contributed by atoms with Crippen LogP contribution in [0.15, 0.2) is 42.3 Å². The number of likely N-dealkylation sites (N-methyl/N-ethyl adjacent to an activating group) is 1. The lowest BCUT2D eigenvalue weighted by molar-refractivity contribution is -0.174. The second-order valence-corrected chi connectivity index (χ2v) is 9.48. The highest BCUT2D eigenvalue weighted by molar-refractivity contribution is 5.95. The zero-order chi connectivity index (χ0) is 29.1. The van der Waals surface area contributed by atoms with E-state index in [1.165, 1.54) is 26.0 Å². The maximum atomic E-state index is 13.5. The predicted octanol–water partition coefficient (Wildman–Crippen LogP) is 2.77. The number of amides is 1. The molecular formula is C29H42N2O9. The lowest BCUT2D eigenvalue weighted by atomic mass is 9.81. The van der Waals surface area contributed by atoms with E-state index < -0.39 is 12.6 Å². The number of aliphatic hydroxyl groups is 1. The number of carbonyl (C=O) groups excluding carboxylic acids is 2. The molecule has 0 aliphatic carbocycles. The first kappa shape index (κ1) is 31.7. The second kappa shape index (κ2) is 15.8. The van der Waals surface area contributed by atoms with Crippen molar-refractivity contribution in [3.8, 4) is 0 Å². The molecule has 1 aliphatic heterocycles. The van der Waals surface area contributed by atoms with E-state index in [2.05, 4.69) is 0 Å². The number of benzene rings is 1. The molecule has 2 heterocycles. The Hall–Kier alpha value is -2.80. The lowest BCUT2D eigenvalue weighted by Gasteiger charge is -2.37. The normalized spacial score (nSPS) is 19.1. The van der Waals surface area contributed by atoms with Crippen molar-refractivity contribution in [1.82, 2.24) is 9.47 Å². The Morgan fingerprint density at radius 3 is 2.45 bits per heavy atom. The highest BCUT2D eigenvalue weighted by Crippen LogP contribution is 2.42. The van der Waals surface area contributed by atoms with Crippen LogP contribution in [0.25, 0.3) is 10.9 Å². The van der Waals surface area contributed by atoms with E-state index in [1.807, 2.05) is 43.5 Å². The molecule has 1 aromatic carbocycles. The molecule has 0 bridgehead atoms. The summed E-state index contributed by atoms with van der Waals surface area (Å²) < 4.78 is 35.5. The van der Waals surface area contributed by atoms with Crippen molar-refractivity contribution in [3.05, 3.63) is 47.9 Å². The number of nitrogens with zero attached hydrogens (tertiary/aromatic N) is 2. The topological polar surface area (TPSA) is 118 Å². The Morgan fingerprint density at radius 2 is 1.80 bits per heavy atom. The molecule has 1 N–H and O–H groups in total. The van der Waals surface area contributed by atoms with E-state index in [0.29, 0.717) is 32.8 Å². The zero-order valence-corrected chi connectivity index (χ0v) is 24.0. The van der Waals surface area contributed by atoms with Crippen molar-refractivity contribution in [3.63, 3.8) is 0 Å². The molecule has 11 nitrogen and oxygen atoms in total. The zero-order valence-electron chi connectivity index (χ0n) is 24.0. The van der Waals surface area contributed by atoms with Gasteiger partial charge in [-0.05, 0) is 31.1 Å². The van der Waals surface area contributed by atoms with Crippen LogP contribution in [0, 0.1) is 5.92 Å². The van der Waals surface area contributed by atoms with Gasteiger partial charge in [0.25, 0.3) is 5.91 Å². The first-order chi connectivity index (χ1) is 19.4. The van der Waals surface area contributed by atoms with Gasteiger partial charge in [0.05, 0.1) is 38.5 Å². The molecule has 1 aliphatic rings. The summed E-state index contributed by atoms with van der Waals surface area (Å²) in [5, 5.41) is 9.78. The number of allylic oxidation sites excluding steroid dienone is 1. The maximum Gasteiger partial charge on any atom is 0.288 e. The van der Waals surface area contributed by atoms with Gasteiger partial charge in [0, 0.05) is 64.8 Å². The third kappa shape index (κ3) is 7.90. The monoisotopic (exact) mass is 562 g/mol. The molecule has 0 saturated heterocycles. The van der Waals surface area contributed by atoms with E-state index in [9.17, 15) is 9.59 Å². The Kier molecular flexibility index (Phi) is 12.6.